The van der Waals surface area contributed by atoms with Crippen LogP contribution in [-0.4, -0.2) is 30.4 Å². The van der Waals surface area contributed by atoms with Gasteiger partial charge in [0.05, 0.1) is 12.7 Å². The monoisotopic (exact) mass is 348 g/mol. The van der Waals surface area contributed by atoms with E-state index in [0.717, 1.165) is 11.3 Å². The molecule has 5 nitrogen and oxygen atoms in total. The smallest absolute Gasteiger partial charge is 0.278 e. The molecule has 132 valence electrons. The standard InChI is InChI=1S/C21H20N2O3/c1-4-12-23-20(24)18(16-10-5-6-11-17(16)26-3)19(21(23)25)22-15-9-7-8-14(2)13-15/h4-11,13,22H,1,12H2,2-3H3. The number of ether oxygens (including phenoxy) is 1. The Morgan fingerprint density at radius 2 is 1.88 bits per heavy atom. The maximum absolute atomic E-state index is 12.9. The maximum Gasteiger partial charge on any atom is 0.278 e. The first kappa shape index (κ1) is 17.5. The lowest BCUT2D eigenvalue weighted by Crippen LogP contribution is -2.32. The summed E-state index contributed by atoms with van der Waals surface area (Å²) in [7, 11) is 1.54. The Hall–Kier alpha value is -3.34. The number of carbonyl (C=O) groups excluding carboxylic acids is 2. The third kappa shape index (κ3) is 3.11. The fraction of sp³-hybridized carbons (Fsp3) is 0.143. The summed E-state index contributed by atoms with van der Waals surface area (Å²) in [5.74, 6) is -0.209. The van der Waals surface area contributed by atoms with Crippen LogP contribution in [0.2, 0.25) is 0 Å². The van der Waals surface area contributed by atoms with Crippen LogP contribution in [0.15, 0.2) is 66.9 Å². The first-order chi connectivity index (χ1) is 12.6. The fourth-order valence-electron chi connectivity index (χ4n) is 2.96. The summed E-state index contributed by atoms with van der Waals surface area (Å²) in [5.41, 5.74) is 2.92. The van der Waals surface area contributed by atoms with Gasteiger partial charge in [0.1, 0.15) is 11.4 Å². The third-order valence-corrected chi connectivity index (χ3v) is 4.14. The predicted molar refractivity (Wildman–Crippen MR) is 102 cm³/mol. The Kier molecular flexibility index (Phi) is 4.89. The van der Waals surface area contributed by atoms with E-state index in [1.807, 2.05) is 43.3 Å². The quantitative estimate of drug-likeness (QED) is 0.642. The van der Waals surface area contributed by atoms with Gasteiger partial charge in [-0.15, -0.1) is 6.58 Å². The van der Waals surface area contributed by atoms with Gasteiger partial charge < -0.3 is 10.1 Å². The van der Waals surface area contributed by atoms with Gasteiger partial charge in [0, 0.05) is 17.8 Å². The third-order valence-electron chi connectivity index (χ3n) is 4.14. The minimum Gasteiger partial charge on any atom is -0.496 e. The second-order valence-electron chi connectivity index (χ2n) is 5.95. The number of hydrogen-bond acceptors (Lipinski definition) is 4. The van der Waals surface area contributed by atoms with Crippen molar-refractivity contribution in [3.63, 3.8) is 0 Å². The molecule has 0 saturated carbocycles. The van der Waals surface area contributed by atoms with Gasteiger partial charge in [-0.25, -0.2) is 0 Å². The molecule has 0 saturated heterocycles. The molecule has 0 bridgehead atoms. The summed E-state index contributed by atoms with van der Waals surface area (Å²) < 4.78 is 5.39. The van der Waals surface area contributed by atoms with Gasteiger partial charge in [-0.1, -0.05) is 36.4 Å². The molecule has 1 heterocycles. The molecule has 2 aromatic carbocycles. The second kappa shape index (κ2) is 7.27. The van der Waals surface area contributed by atoms with E-state index in [-0.39, 0.29) is 24.1 Å². The number of methoxy groups -OCH3 is 1. The van der Waals surface area contributed by atoms with Crippen molar-refractivity contribution < 1.29 is 14.3 Å². The zero-order valence-corrected chi connectivity index (χ0v) is 14.8. The highest BCUT2D eigenvalue weighted by molar-refractivity contribution is 6.37. The van der Waals surface area contributed by atoms with Crippen LogP contribution < -0.4 is 10.1 Å². The number of hydrogen-bond donors (Lipinski definition) is 1. The summed E-state index contributed by atoms with van der Waals surface area (Å²) in [6.07, 6.45) is 1.53. The van der Waals surface area contributed by atoms with Gasteiger partial charge >= 0.3 is 0 Å². The van der Waals surface area contributed by atoms with Crippen LogP contribution in [0.3, 0.4) is 0 Å². The molecule has 0 atom stereocenters. The van der Waals surface area contributed by atoms with Crippen LogP contribution in [0.25, 0.3) is 5.57 Å². The molecule has 0 fully saturated rings. The minimum absolute atomic E-state index is 0.148. The molecular formula is C21H20N2O3. The first-order valence-corrected chi connectivity index (χ1v) is 8.25. The molecule has 5 heteroatoms. The Labute approximate surface area is 152 Å². The molecule has 1 N–H and O–H groups in total. The molecule has 2 amide bonds. The molecule has 0 aromatic heterocycles. The number of carbonyl (C=O) groups is 2. The minimum atomic E-state index is -0.377. The fourth-order valence-corrected chi connectivity index (χ4v) is 2.96. The molecule has 0 spiro atoms. The average molecular weight is 348 g/mol. The van der Waals surface area contributed by atoms with Gasteiger partial charge in [0.2, 0.25) is 0 Å². The van der Waals surface area contributed by atoms with Gasteiger partial charge in [0.25, 0.3) is 11.8 Å². The molecule has 26 heavy (non-hydrogen) atoms. The number of amides is 2. The van der Waals surface area contributed by atoms with Gasteiger partial charge in [0.15, 0.2) is 0 Å². The Bertz CT molecular complexity index is 915. The molecule has 0 unspecified atom stereocenters. The van der Waals surface area contributed by atoms with Crippen molar-refractivity contribution in [3.8, 4) is 5.75 Å². The Morgan fingerprint density at radius 3 is 2.58 bits per heavy atom. The Morgan fingerprint density at radius 1 is 1.12 bits per heavy atom. The SMILES string of the molecule is C=CCN1C(=O)C(Nc2cccc(C)c2)=C(c2ccccc2OC)C1=O. The van der Waals surface area contributed by atoms with E-state index in [2.05, 4.69) is 11.9 Å². The van der Waals surface area contributed by atoms with Crippen LogP contribution in [0.5, 0.6) is 5.75 Å². The normalized spacial score (nSPS) is 14.0. The molecule has 1 aliphatic rings. The second-order valence-corrected chi connectivity index (χ2v) is 5.95. The van der Waals surface area contributed by atoms with E-state index in [4.69, 9.17) is 4.74 Å². The van der Waals surface area contributed by atoms with E-state index >= 15 is 0 Å². The predicted octanol–water partition coefficient (Wildman–Crippen LogP) is 3.38. The number of aryl methyl sites for hydroxylation is 1. The molecule has 2 aromatic rings. The Balaban J connectivity index is 2.14. The van der Waals surface area contributed by atoms with E-state index < -0.39 is 0 Å². The first-order valence-electron chi connectivity index (χ1n) is 8.25. The lowest BCUT2D eigenvalue weighted by molar-refractivity contribution is -0.136. The van der Waals surface area contributed by atoms with Crippen LogP contribution in [0, 0.1) is 6.92 Å². The highest BCUT2D eigenvalue weighted by Crippen LogP contribution is 2.35. The van der Waals surface area contributed by atoms with Crippen LogP contribution in [0.4, 0.5) is 5.69 Å². The topological polar surface area (TPSA) is 58.6 Å². The van der Waals surface area contributed by atoms with Crippen molar-refractivity contribution in [2.75, 3.05) is 19.0 Å². The summed E-state index contributed by atoms with van der Waals surface area (Å²) >= 11 is 0. The van der Waals surface area contributed by atoms with Gasteiger partial charge in [-0.05, 0) is 30.7 Å². The molecule has 0 aliphatic carbocycles. The number of anilines is 1. The van der Waals surface area contributed by atoms with Crippen molar-refractivity contribution in [2.45, 2.75) is 6.92 Å². The van der Waals surface area contributed by atoms with E-state index in [1.165, 1.54) is 18.1 Å². The zero-order valence-electron chi connectivity index (χ0n) is 14.8. The number of benzene rings is 2. The average Bonchev–Trinajstić information content (AvgIpc) is 2.86. The number of imide groups is 1. The zero-order chi connectivity index (χ0) is 18.7. The van der Waals surface area contributed by atoms with Crippen LogP contribution in [-0.2, 0) is 9.59 Å². The number of rotatable bonds is 6. The molecule has 0 radical (unpaired) electrons. The summed E-state index contributed by atoms with van der Waals surface area (Å²) in [6, 6.07) is 14.8. The van der Waals surface area contributed by atoms with E-state index in [9.17, 15) is 9.59 Å². The summed E-state index contributed by atoms with van der Waals surface area (Å²) in [5, 5.41) is 3.13. The lowest BCUT2D eigenvalue weighted by atomic mass is 10.0. The maximum atomic E-state index is 12.9. The van der Waals surface area contributed by atoms with Gasteiger partial charge in [-0.3, -0.25) is 14.5 Å². The number of nitrogens with one attached hydrogen (secondary N) is 1. The van der Waals surface area contributed by atoms with E-state index in [1.54, 1.807) is 12.1 Å². The lowest BCUT2D eigenvalue weighted by Gasteiger charge is -2.12. The van der Waals surface area contributed by atoms with Crippen molar-refractivity contribution in [1.29, 1.82) is 0 Å². The van der Waals surface area contributed by atoms with Crippen molar-refractivity contribution >= 4 is 23.1 Å². The number of nitrogens with zero attached hydrogens (tertiary/aromatic N) is 1. The largest absolute Gasteiger partial charge is 0.496 e. The molecule has 3 rings (SSSR count). The molecular weight excluding hydrogens is 328 g/mol. The van der Waals surface area contributed by atoms with E-state index in [0.29, 0.717) is 16.9 Å². The van der Waals surface area contributed by atoms with Crippen molar-refractivity contribution in [3.05, 3.63) is 78.0 Å². The highest BCUT2D eigenvalue weighted by Gasteiger charge is 2.39. The highest BCUT2D eigenvalue weighted by atomic mass is 16.5. The summed E-state index contributed by atoms with van der Waals surface area (Å²) in [6.45, 7) is 5.75. The summed E-state index contributed by atoms with van der Waals surface area (Å²) in [4.78, 5) is 27.0. The van der Waals surface area contributed by atoms with Crippen molar-refractivity contribution in [2.24, 2.45) is 0 Å². The van der Waals surface area contributed by atoms with Crippen LogP contribution in [0.1, 0.15) is 11.1 Å². The molecule has 1 aliphatic heterocycles. The van der Waals surface area contributed by atoms with Crippen molar-refractivity contribution in [1.82, 2.24) is 4.90 Å². The number of para-hydroxylation sites is 1. The van der Waals surface area contributed by atoms with Crippen LogP contribution >= 0.6 is 0 Å². The van der Waals surface area contributed by atoms with Gasteiger partial charge in [-0.2, -0.15) is 0 Å².